The van der Waals surface area contributed by atoms with Gasteiger partial charge in [-0.25, -0.2) is 5.43 Å². The minimum absolute atomic E-state index is 0.0859. The molecular formula is C16H13Br2N3O6. The number of non-ortho nitro benzene ring substituents is 1. The largest absolute Gasteiger partial charge is 0.507 e. The molecule has 142 valence electrons. The van der Waals surface area contributed by atoms with Gasteiger partial charge in [0.05, 0.1) is 22.7 Å². The van der Waals surface area contributed by atoms with Gasteiger partial charge in [-0.1, -0.05) is 15.9 Å². The van der Waals surface area contributed by atoms with E-state index in [1.165, 1.54) is 13.2 Å². The van der Waals surface area contributed by atoms with E-state index in [2.05, 4.69) is 42.4 Å². The van der Waals surface area contributed by atoms with Gasteiger partial charge >= 0.3 is 0 Å². The van der Waals surface area contributed by atoms with Crippen molar-refractivity contribution in [3.63, 3.8) is 0 Å². The van der Waals surface area contributed by atoms with Crippen molar-refractivity contribution in [1.29, 1.82) is 0 Å². The Morgan fingerprint density at radius 1 is 1.37 bits per heavy atom. The van der Waals surface area contributed by atoms with Crippen LogP contribution in [0, 0.1) is 10.1 Å². The van der Waals surface area contributed by atoms with Crippen LogP contribution in [0.25, 0.3) is 0 Å². The van der Waals surface area contributed by atoms with Gasteiger partial charge in [0.15, 0.2) is 18.1 Å². The number of nitrogens with one attached hydrogen (secondary N) is 1. The molecule has 1 amide bonds. The molecule has 9 nitrogen and oxygen atoms in total. The van der Waals surface area contributed by atoms with Crippen LogP contribution in [0.1, 0.15) is 5.56 Å². The maximum atomic E-state index is 11.9. The minimum atomic E-state index is -0.605. The van der Waals surface area contributed by atoms with E-state index in [1.807, 2.05) is 0 Å². The van der Waals surface area contributed by atoms with Crippen LogP contribution >= 0.6 is 31.9 Å². The normalized spacial score (nSPS) is 10.6. The molecule has 2 N–H and O–H groups in total. The fourth-order valence-electron chi connectivity index (χ4n) is 1.93. The van der Waals surface area contributed by atoms with Gasteiger partial charge in [0.2, 0.25) is 0 Å². The highest BCUT2D eigenvalue weighted by Gasteiger charge is 2.13. The number of carbonyl (C=O) groups excluding carboxylic acids is 1. The summed E-state index contributed by atoms with van der Waals surface area (Å²) in [4.78, 5) is 22.0. The van der Waals surface area contributed by atoms with E-state index in [1.54, 1.807) is 12.1 Å². The number of phenolic OH excluding ortho intramolecular Hbond substituents is 1. The van der Waals surface area contributed by atoms with Crippen molar-refractivity contribution in [2.24, 2.45) is 5.10 Å². The molecule has 0 fully saturated rings. The number of hydrogen-bond acceptors (Lipinski definition) is 7. The Morgan fingerprint density at radius 2 is 2.11 bits per heavy atom. The zero-order valence-electron chi connectivity index (χ0n) is 13.8. The van der Waals surface area contributed by atoms with E-state index < -0.39 is 10.8 Å². The summed E-state index contributed by atoms with van der Waals surface area (Å²) >= 11 is 6.64. The minimum Gasteiger partial charge on any atom is -0.507 e. The van der Waals surface area contributed by atoms with Gasteiger partial charge in [-0.2, -0.15) is 5.10 Å². The lowest BCUT2D eigenvalue weighted by atomic mass is 10.2. The van der Waals surface area contributed by atoms with Crippen molar-refractivity contribution >= 4 is 49.7 Å². The molecule has 0 aliphatic heterocycles. The van der Waals surface area contributed by atoms with Gasteiger partial charge in [0, 0.05) is 22.2 Å². The first-order valence-corrected chi connectivity index (χ1v) is 8.85. The molecule has 2 aromatic rings. The topological polar surface area (TPSA) is 123 Å². The summed E-state index contributed by atoms with van der Waals surface area (Å²) in [6, 6.07) is 6.87. The zero-order valence-corrected chi connectivity index (χ0v) is 17.0. The number of ether oxygens (including phenoxy) is 2. The summed E-state index contributed by atoms with van der Waals surface area (Å²) in [5, 5.41) is 24.1. The summed E-state index contributed by atoms with van der Waals surface area (Å²) in [5.74, 6) is -0.0170. The zero-order chi connectivity index (χ0) is 20.0. The van der Waals surface area contributed by atoms with Gasteiger partial charge < -0.3 is 14.6 Å². The average molecular weight is 503 g/mol. The second-order valence-electron chi connectivity index (χ2n) is 5.00. The highest BCUT2D eigenvalue weighted by molar-refractivity contribution is 9.11. The smallest absolute Gasteiger partial charge is 0.277 e. The Labute approximate surface area is 170 Å². The molecule has 0 spiro atoms. The molecule has 2 aromatic carbocycles. The lowest BCUT2D eigenvalue weighted by molar-refractivity contribution is -0.384. The molecule has 0 heterocycles. The number of nitrogens with zero attached hydrogens (tertiary/aromatic N) is 2. The van der Waals surface area contributed by atoms with Gasteiger partial charge in [-0.3, -0.25) is 14.9 Å². The molecule has 0 aromatic heterocycles. The number of phenols is 1. The molecule has 0 unspecified atom stereocenters. The van der Waals surface area contributed by atoms with Crippen LogP contribution in [0.2, 0.25) is 0 Å². The van der Waals surface area contributed by atoms with Crippen LogP contribution < -0.4 is 14.9 Å². The maximum absolute atomic E-state index is 11.9. The first-order valence-electron chi connectivity index (χ1n) is 7.27. The summed E-state index contributed by atoms with van der Waals surface area (Å²) in [7, 11) is 1.47. The standard InChI is InChI=1S/C16H13Br2N3O6/c1-26-14-6-10(17)5-12(18)16(14)27-8-15(23)20-19-7-9-4-11(21(24)25)2-3-13(9)22/h2-7,22H,8H2,1H3,(H,20,23). The number of amides is 1. The molecule has 0 atom stereocenters. The van der Waals surface area contributed by atoms with E-state index >= 15 is 0 Å². The number of nitro groups is 1. The van der Waals surface area contributed by atoms with E-state index in [0.29, 0.717) is 16.0 Å². The number of aromatic hydroxyl groups is 1. The quantitative estimate of drug-likeness (QED) is 0.340. The first kappa shape index (κ1) is 20.6. The Hall–Kier alpha value is -2.66. The number of methoxy groups -OCH3 is 1. The summed E-state index contributed by atoms with van der Waals surface area (Å²) in [6.07, 6.45) is 1.09. The van der Waals surface area contributed by atoms with E-state index in [4.69, 9.17) is 9.47 Å². The second-order valence-corrected chi connectivity index (χ2v) is 6.77. The number of rotatable bonds is 7. The number of carbonyl (C=O) groups is 1. The van der Waals surface area contributed by atoms with Crippen LogP contribution in [0.5, 0.6) is 17.2 Å². The Balaban J connectivity index is 1.99. The number of hydrogen-bond donors (Lipinski definition) is 2. The third kappa shape index (κ3) is 5.66. The molecule has 0 bridgehead atoms. The Morgan fingerprint density at radius 3 is 2.78 bits per heavy atom. The molecule has 0 aliphatic rings. The molecule has 2 rings (SSSR count). The predicted octanol–water partition coefficient (Wildman–Crippen LogP) is 3.36. The molecule has 27 heavy (non-hydrogen) atoms. The van der Waals surface area contributed by atoms with Crippen molar-refractivity contribution in [2.45, 2.75) is 0 Å². The molecule has 0 radical (unpaired) electrons. The van der Waals surface area contributed by atoms with Gasteiger partial charge in [0.1, 0.15) is 5.75 Å². The highest BCUT2D eigenvalue weighted by Crippen LogP contribution is 2.38. The maximum Gasteiger partial charge on any atom is 0.277 e. The fourth-order valence-corrected chi connectivity index (χ4v) is 3.23. The highest BCUT2D eigenvalue weighted by atomic mass is 79.9. The lowest BCUT2D eigenvalue weighted by Crippen LogP contribution is -2.24. The first-order chi connectivity index (χ1) is 12.8. The van der Waals surface area contributed by atoms with E-state index in [0.717, 1.165) is 22.8 Å². The molecule has 0 saturated carbocycles. The third-order valence-electron chi connectivity index (χ3n) is 3.16. The average Bonchev–Trinajstić information content (AvgIpc) is 2.61. The Kier molecular flexibility index (Phi) is 7.13. The number of benzene rings is 2. The SMILES string of the molecule is COc1cc(Br)cc(Br)c1OCC(=O)NN=Cc1cc([N+](=O)[O-])ccc1O. The van der Waals surface area contributed by atoms with Gasteiger partial charge in [-0.05, 0) is 34.1 Å². The predicted molar refractivity (Wildman–Crippen MR) is 104 cm³/mol. The van der Waals surface area contributed by atoms with Crippen molar-refractivity contribution < 1.29 is 24.3 Å². The summed E-state index contributed by atoms with van der Waals surface area (Å²) in [6.45, 7) is -0.352. The van der Waals surface area contributed by atoms with Crippen molar-refractivity contribution in [2.75, 3.05) is 13.7 Å². The molecule has 11 heteroatoms. The van der Waals surface area contributed by atoms with Crippen LogP contribution in [0.4, 0.5) is 5.69 Å². The van der Waals surface area contributed by atoms with Gasteiger partial charge in [0.25, 0.3) is 11.6 Å². The van der Waals surface area contributed by atoms with Crippen LogP contribution in [-0.2, 0) is 4.79 Å². The number of halogens is 2. The van der Waals surface area contributed by atoms with Crippen molar-refractivity contribution in [3.05, 3.63) is 55.0 Å². The van der Waals surface area contributed by atoms with Crippen molar-refractivity contribution in [1.82, 2.24) is 5.43 Å². The monoisotopic (exact) mass is 501 g/mol. The number of hydrazone groups is 1. The Bertz CT molecular complexity index is 904. The summed E-state index contributed by atoms with van der Waals surface area (Å²) in [5.41, 5.74) is 2.08. The number of nitro benzene ring substituents is 1. The molecular weight excluding hydrogens is 490 g/mol. The van der Waals surface area contributed by atoms with Crippen LogP contribution in [0.15, 0.2) is 44.4 Å². The third-order valence-corrected chi connectivity index (χ3v) is 4.20. The molecule has 0 aliphatic carbocycles. The summed E-state index contributed by atoms with van der Waals surface area (Å²) < 4.78 is 12.0. The molecule has 0 saturated heterocycles. The van der Waals surface area contributed by atoms with E-state index in [9.17, 15) is 20.0 Å². The van der Waals surface area contributed by atoms with E-state index in [-0.39, 0.29) is 23.6 Å². The van der Waals surface area contributed by atoms with Crippen LogP contribution in [-0.4, -0.2) is 35.9 Å². The van der Waals surface area contributed by atoms with Gasteiger partial charge in [-0.15, -0.1) is 0 Å². The fraction of sp³-hybridized carbons (Fsp3) is 0.125. The van der Waals surface area contributed by atoms with Crippen LogP contribution in [0.3, 0.4) is 0 Å². The lowest BCUT2D eigenvalue weighted by Gasteiger charge is -2.12. The second kappa shape index (κ2) is 9.33. The van der Waals surface area contributed by atoms with Crippen molar-refractivity contribution in [3.8, 4) is 17.2 Å².